The number of carbonyl (C=O) groups is 1. The fourth-order valence-electron chi connectivity index (χ4n) is 2.65. The van der Waals surface area contributed by atoms with Crippen LogP contribution in [0.15, 0.2) is 69.7 Å². The van der Waals surface area contributed by atoms with Crippen molar-refractivity contribution in [1.82, 2.24) is 0 Å². The molecule has 29 heavy (non-hydrogen) atoms. The summed E-state index contributed by atoms with van der Waals surface area (Å²) < 4.78 is 23.8. The Labute approximate surface area is 167 Å². The second-order valence-electron chi connectivity index (χ2n) is 5.97. The quantitative estimate of drug-likeness (QED) is 0.260. The molecule has 1 aliphatic heterocycles. The number of hydrogen-bond donors (Lipinski definition) is 0. The van der Waals surface area contributed by atoms with Gasteiger partial charge in [-0.15, -0.1) is 0 Å². The number of esters is 1. The van der Waals surface area contributed by atoms with Gasteiger partial charge < -0.3 is 9.15 Å². The SMILES string of the molecule is O=C1OC(c2ccc(F)cc2)=NC1=Cc1ccc(-c2ccc([N+](=O)[O-])cc2Cl)o1. The minimum atomic E-state index is -0.671. The van der Waals surface area contributed by atoms with Gasteiger partial charge in [0.1, 0.15) is 17.3 Å². The summed E-state index contributed by atoms with van der Waals surface area (Å²) in [5.74, 6) is -0.346. The van der Waals surface area contributed by atoms with E-state index < -0.39 is 16.7 Å². The molecule has 2 aromatic carbocycles. The van der Waals surface area contributed by atoms with Crippen LogP contribution in [0.2, 0.25) is 5.02 Å². The number of nitrogens with zero attached hydrogens (tertiary/aromatic N) is 2. The third-order valence-corrected chi connectivity index (χ3v) is 4.36. The van der Waals surface area contributed by atoms with E-state index in [1.54, 1.807) is 12.1 Å². The summed E-state index contributed by atoms with van der Waals surface area (Å²) in [6.45, 7) is 0. The van der Waals surface area contributed by atoms with Gasteiger partial charge in [0.15, 0.2) is 5.70 Å². The molecule has 2 heterocycles. The van der Waals surface area contributed by atoms with Crippen LogP contribution in [0, 0.1) is 15.9 Å². The number of aliphatic imine (C=N–C) groups is 1. The van der Waals surface area contributed by atoms with E-state index in [0.717, 1.165) is 0 Å². The number of hydrogen-bond acceptors (Lipinski definition) is 6. The van der Waals surface area contributed by atoms with Crippen LogP contribution in [0.4, 0.5) is 10.1 Å². The lowest BCUT2D eigenvalue weighted by atomic mass is 10.1. The van der Waals surface area contributed by atoms with Crippen LogP contribution in [0.1, 0.15) is 11.3 Å². The molecule has 144 valence electrons. The molecule has 0 saturated carbocycles. The first-order valence-electron chi connectivity index (χ1n) is 8.23. The number of carbonyl (C=O) groups excluding carboxylic acids is 1. The van der Waals surface area contributed by atoms with Crippen molar-refractivity contribution in [2.24, 2.45) is 4.99 Å². The number of rotatable bonds is 4. The molecule has 1 aliphatic rings. The Balaban J connectivity index is 1.61. The van der Waals surface area contributed by atoms with Gasteiger partial charge in [0.05, 0.1) is 9.95 Å². The first-order valence-corrected chi connectivity index (χ1v) is 8.61. The number of ether oxygens (including phenoxy) is 1. The summed E-state index contributed by atoms with van der Waals surface area (Å²) in [6, 6.07) is 12.6. The number of nitro benzene ring substituents is 1. The minimum Gasteiger partial charge on any atom is -0.457 e. The first kappa shape index (κ1) is 18.6. The van der Waals surface area contributed by atoms with E-state index in [-0.39, 0.29) is 22.3 Å². The molecule has 0 saturated heterocycles. The van der Waals surface area contributed by atoms with Gasteiger partial charge in [-0.2, -0.15) is 0 Å². The van der Waals surface area contributed by atoms with Crippen LogP contribution in [0.5, 0.6) is 0 Å². The lowest BCUT2D eigenvalue weighted by Crippen LogP contribution is -2.05. The zero-order valence-corrected chi connectivity index (χ0v) is 15.2. The van der Waals surface area contributed by atoms with Gasteiger partial charge in [0.25, 0.3) is 5.69 Å². The minimum absolute atomic E-state index is 0.0139. The van der Waals surface area contributed by atoms with E-state index in [0.29, 0.717) is 22.6 Å². The van der Waals surface area contributed by atoms with Gasteiger partial charge in [0, 0.05) is 29.3 Å². The van der Waals surface area contributed by atoms with E-state index in [1.807, 2.05) is 0 Å². The second kappa shape index (κ2) is 7.33. The summed E-state index contributed by atoms with van der Waals surface area (Å²) >= 11 is 6.11. The van der Waals surface area contributed by atoms with Gasteiger partial charge in [-0.25, -0.2) is 14.2 Å². The molecule has 7 nitrogen and oxygen atoms in total. The fourth-order valence-corrected chi connectivity index (χ4v) is 2.92. The van der Waals surface area contributed by atoms with Crippen LogP contribution >= 0.6 is 11.6 Å². The van der Waals surface area contributed by atoms with Crippen molar-refractivity contribution in [3.8, 4) is 11.3 Å². The van der Waals surface area contributed by atoms with Crippen molar-refractivity contribution in [2.45, 2.75) is 0 Å². The molecule has 0 spiro atoms. The zero-order valence-electron chi connectivity index (χ0n) is 14.5. The number of non-ortho nitro benzene ring substituents is 1. The Hall–Kier alpha value is -3.78. The highest BCUT2D eigenvalue weighted by Gasteiger charge is 2.24. The maximum Gasteiger partial charge on any atom is 0.363 e. The van der Waals surface area contributed by atoms with Gasteiger partial charge in [-0.1, -0.05) is 11.6 Å². The average Bonchev–Trinajstić information content (AvgIpc) is 3.29. The summed E-state index contributed by atoms with van der Waals surface area (Å²) in [4.78, 5) is 26.4. The molecule has 0 unspecified atom stereocenters. The van der Waals surface area contributed by atoms with Crippen LogP contribution < -0.4 is 0 Å². The molecule has 4 rings (SSSR count). The van der Waals surface area contributed by atoms with Gasteiger partial charge >= 0.3 is 5.97 Å². The zero-order chi connectivity index (χ0) is 20.5. The smallest absolute Gasteiger partial charge is 0.363 e. The highest BCUT2D eigenvalue weighted by atomic mass is 35.5. The monoisotopic (exact) mass is 412 g/mol. The predicted molar refractivity (Wildman–Crippen MR) is 103 cm³/mol. The Bertz CT molecular complexity index is 1200. The van der Waals surface area contributed by atoms with Gasteiger partial charge in [-0.3, -0.25) is 10.1 Å². The van der Waals surface area contributed by atoms with E-state index in [9.17, 15) is 19.3 Å². The Kier molecular flexibility index (Phi) is 4.69. The lowest BCUT2D eigenvalue weighted by Gasteiger charge is -2.00. The maximum absolute atomic E-state index is 13.0. The standard InChI is InChI=1S/C20H10ClFN2O5/c21-16-9-13(24(26)27)5-7-15(16)18-8-6-14(28-18)10-17-20(25)29-19(23-17)11-1-3-12(22)4-2-11/h1-10H. The molecule has 0 bridgehead atoms. The average molecular weight is 413 g/mol. The number of halogens is 2. The molecule has 0 amide bonds. The van der Waals surface area contributed by atoms with E-state index in [2.05, 4.69) is 4.99 Å². The molecular weight excluding hydrogens is 403 g/mol. The van der Waals surface area contributed by atoms with Crippen molar-refractivity contribution < 1.29 is 23.3 Å². The topological polar surface area (TPSA) is 94.9 Å². The van der Waals surface area contributed by atoms with Crippen molar-refractivity contribution in [3.63, 3.8) is 0 Å². The van der Waals surface area contributed by atoms with E-state index in [1.165, 1.54) is 48.5 Å². The summed E-state index contributed by atoms with van der Waals surface area (Å²) in [5, 5.41) is 11.0. The number of furan rings is 1. The highest BCUT2D eigenvalue weighted by Crippen LogP contribution is 2.33. The van der Waals surface area contributed by atoms with E-state index >= 15 is 0 Å². The molecule has 0 aliphatic carbocycles. The number of benzene rings is 2. The fraction of sp³-hybridized carbons (Fsp3) is 0. The largest absolute Gasteiger partial charge is 0.457 e. The summed E-state index contributed by atoms with van der Waals surface area (Å²) in [7, 11) is 0. The summed E-state index contributed by atoms with van der Waals surface area (Å²) in [6.07, 6.45) is 1.39. The van der Waals surface area contributed by atoms with E-state index in [4.69, 9.17) is 20.8 Å². The van der Waals surface area contributed by atoms with Crippen LogP contribution in [0.3, 0.4) is 0 Å². The van der Waals surface area contributed by atoms with Crippen LogP contribution in [-0.4, -0.2) is 16.8 Å². The normalized spacial score (nSPS) is 14.8. The molecule has 3 aromatic rings. The molecule has 0 N–H and O–H groups in total. The molecule has 1 aromatic heterocycles. The van der Waals surface area contributed by atoms with Gasteiger partial charge in [0.2, 0.25) is 5.90 Å². The van der Waals surface area contributed by atoms with Crippen molar-refractivity contribution >= 4 is 35.2 Å². The Morgan fingerprint density at radius 2 is 1.86 bits per heavy atom. The highest BCUT2D eigenvalue weighted by molar-refractivity contribution is 6.33. The molecule has 9 heteroatoms. The van der Waals surface area contributed by atoms with Crippen LogP contribution in [-0.2, 0) is 9.53 Å². The van der Waals surface area contributed by atoms with Crippen molar-refractivity contribution in [2.75, 3.05) is 0 Å². The predicted octanol–water partition coefficient (Wildman–Crippen LogP) is 4.99. The van der Waals surface area contributed by atoms with Crippen molar-refractivity contribution in [3.05, 3.63) is 92.6 Å². The van der Waals surface area contributed by atoms with Crippen LogP contribution in [0.25, 0.3) is 17.4 Å². The Morgan fingerprint density at radius 3 is 2.55 bits per heavy atom. The molecular formula is C20H10ClFN2O5. The molecule has 0 atom stereocenters. The third kappa shape index (κ3) is 3.78. The first-order chi connectivity index (χ1) is 13.9. The lowest BCUT2D eigenvalue weighted by molar-refractivity contribution is -0.384. The molecule has 0 radical (unpaired) electrons. The second-order valence-corrected chi connectivity index (χ2v) is 6.37. The maximum atomic E-state index is 13.0. The molecule has 0 fully saturated rings. The Morgan fingerprint density at radius 1 is 1.10 bits per heavy atom. The summed E-state index contributed by atoms with van der Waals surface area (Å²) in [5.41, 5.74) is 0.802. The number of cyclic esters (lactones) is 1. The third-order valence-electron chi connectivity index (χ3n) is 4.05. The van der Waals surface area contributed by atoms with Crippen molar-refractivity contribution in [1.29, 1.82) is 0 Å². The van der Waals surface area contributed by atoms with Gasteiger partial charge in [-0.05, 0) is 42.5 Å². The number of nitro groups is 1.